The molecule has 5 nitrogen and oxygen atoms in total. The molecule has 144 valence electrons. The predicted molar refractivity (Wildman–Crippen MR) is 114 cm³/mol. The minimum absolute atomic E-state index is 0. The summed E-state index contributed by atoms with van der Waals surface area (Å²) in [4.78, 5) is 21.4. The number of amides is 1. The van der Waals surface area contributed by atoms with E-state index < -0.39 is 0 Å². The Labute approximate surface area is 170 Å². The molecule has 2 heterocycles. The average Bonchev–Trinajstić information content (AvgIpc) is 3.25. The van der Waals surface area contributed by atoms with Gasteiger partial charge in [-0.15, -0.1) is 24.0 Å². The summed E-state index contributed by atoms with van der Waals surface area (Å²) in [7, 11) is 0. The third kappa shape index (κ3) is 5.47. The number of halogens is 1. The van der Waals surface area contributed by atoms with E-state index >= 15 is 0 Å². The summed E-state index contributed by atoms with van der Waals surface area (Å²) in [6, 6.07) is 0. The summed E-state index contributed by atoms with van der Waals surface area (Å²) in [5.74, 6) is 1.30. The van der Waals surface area contributed by atoms with Crippen molar-refractivity contribution in [1.82, 2.24) is 15.1 Å². The van der Waals surface area contributed by atoms with E-state index in [0.717, 1.165) is 51.5 Å². The van der Waals surface area contributed by atoms with Crippen LogP contribution < -0.4 is 5.32 Å². The summed E-state index contributed by atoms with van der Waals surface area (Å²) < 4.78 is 0. The molecule has 2 aliphatic heterocycles. The number of nitrogens with one attached hydrogen (secondary N) is 1. The van der Waals surface area contributed by atoms with Gasteiger partial charge in [-0.2, -0.15) is 0 Å². The van der Waals surface area contributed by atoms with Gasteiger partial charge in [0.25, 0.3) is 0 Å². The van der Waals surface area contributed by atoms with Gasteiger partial charge in [-0.1, -0.05) is 19.3 Å². The van der Waals surface area contributed by atoms with Crippen molar-refractivity contribution in [3.63, 3.8) is 0 Å². The van der Waals surface area contributed by atoms with Gasteiger partial charge in [-0.25, -0.2) is 0 Å². The lowest BCUT2D eigenvalue weighted by atomic mass is 9.73. The molecule has 0 aromatic heterocycles. The summed E-state index contributed by atoms with van der Waals surface area (Å²) >= 11 is 0. The zero-order valence-corrected chi connectivity index (χ0v) is 18.1. The molecule has 6 heteroatoms. The molecular formula is C19H35IN4O. The highest BCUT2D eigenvalue weighted by atomic mass is 127. The van der Waals surface area contributed by atoms with Crippen LogP contribution in [0.4, 0.5) is 0 Å². The Balaban J connectivity index is 0.00000225. The first-order chi connectivity index (χ1) is 11.7. The third-order valence-corrected chi connectivity index (χ3v) is 6.03. The number of hydrogen-bond donors (Lipinski definition) is 1. The normalized spacial score (nSPS) is 23.0. The lowest BCUT2D eigenvalue weighted by molar-refractivity contribution is -0.129. The zero-order chi connectivity index (χ0) is 16.8. The molecule has 0 aromatic carbocycles. The van der Waals surface area contributed by atoms with Gasteiger partial charge in [0.2, 0.25) is 5.91 Å². The maximum Gasteiger partial charge on any atom is 0.224 e. The van der Waals surface area contributed by atoms with Gasteiger partial charge in [0.15, 0.2) is 5.96 Å². The van der Waals surface area contributed by atoms with Crippen LogP contribution in [-0.4, -0.2) is 60.9 Å². The van der Waals surface area contributed by atoms with E-state index in [4.69, 9.17) is 4.99 Å². The molecule has 0 aromatic rings. The van der Waals surface area contributed by atoms with Gasteiger partial charge in [-0.05, 0) is 44.4 Å². The molecule has 2 saturated heterocycles. The maximum absolute atomic E-state index is 12.2. The first-order valence-electron chi connectivity index (χ1n) is 10.0. The Morgan fingerprint density at radius 1 is 1.00 bits per heavy atom. The second-order valence-corrected chi connectivity index (χ2v) is 7.81. The van der Waals surface area contributed by atoms with Crippen molar-refractivity contribution in [1.29, 1.82) is 0 Å². The van der Waals surface area contributed by atoms with Crippen molar-refractivity contribution >= 4 is 35.8 Å². The van der Waals surface area contributed by atoms with E-state index in [-0.39, 0.29) is 29.9 Å². The number of guanidine groups is 1. The van der Waals surface area contributed by atoms with E-state index in [1.807, 2.05) is 4.90 Å². The highest BCUT2D eigenvalue weighted by molar-refractivity contribution is 14.0. The molecule has 0 bridgehead atoms. The smallest absolute Gasteiger partial charge is 0.224 e. The van der Waals surface area contributed by atoms with Gasteiger partial charge >= 0.3 is 0 Å². The van der Waals surface area contributed by atoms with Gasteiger partial charge in [0.1, 0.15) is 0 Å². The monoisotopic (exact) mass is 462 g/mol. The van der Waals surface area contributed by atoms with Crippen LogP contribution in [-0.2, 0) is 4.79 Å². The second-order valence-electron chi connectivity index (χ2n) is 7.81. The van der Waals surface area contributed by atoms with E-state index in [9.17, 15) is 4.79 Å². The number of likely N-dealkylation sites (tertiary alicyclic amines) is 2. The van der Waals surface area contributed by atoms with Crippen LogP contribution >= 0.6 is 24.0 Å². The number of hydrogen-bond acceptors (Lipinski definition) is 2. The minimum Gasteiger partial charge on any atom is -0.357 e. The van der Waals surface area contributed by atoms with Crippen LogP contribution in [0.2, 0.25) is 0 Å². The molecule has 0 unspecified atom stereocenters. The predicted octanol–water partition coefficient (Wildman–Crippen LogP) is 3.24. The molecular weight excluding hydrogens is 427 g/mol. The van der Waals surface area contributed by atoms with Crippen molar-refractivity contribution in [3.8, 4) is 0 Å². The van der Waals surface area contributed by atoms with E-state index in [2.05, 4.69) is 17.1 Å². The van der Waals surface area contributed by atoms with Crippen molar-refractivity contribution < 1.29 is 4.79 Å². The molecule has 3 rings (SSSR count). The molecule has 1 N–H and O–H groups in total. The van der Waals surface area contributed by atoms with Crippen LogP contribution in [0.5, 0.6) is 0 Å². The summed E-state index contributed by atoms with van der Waals surface area (Å²) in [6.45, 7) is 7.78. The molecule has 0 radical (unpaired) electrons. The molecule has 1 aliphatic carbocycles. The van der Waals surface area contributed by atoms with Crippen LogP contribution in [0, 0.1) is 5.41 Å². The van der Waals surface area contributed by atoms with Crippen LogP contribution in [0.3, 0.4) is 0 Å². The van der Waals surface area contributed by atoms with E-state index in [1.165, 1.54) is 38.5 Å². The van der Waals surface area contributed by atoms with Crippen LogP contribution in [0.15, 0.2) is 4.99 Å². The summed E-state index contributed by atoms with van der Waals surface area (Å²) in [5.41, 5.74) is 0.541. The topological polar surface area (TPSA) is 47.9 Å². The lowest BCUT2D eigenvalue weighted by Crippen LogP contribution is -2.42. The molecule has 3 aliphatic rings. The van der Waals surface area contributed by atoms with E-state index in [0.29, 0.717) is 18.4 Å². The van der Waals surface area contributed by atoms with Gasteiger partial charge < -0.3 is 15.1 Å². The Morgan fingerprint density at radius 2 is 1.72 bits per heavy atom. The second kappa shape index (κ2) is 9.97. The number of nitrogens with zero attached hydrogens (tertiary/aromatic N) is 3. The standard InChI is InChI=1S/C19H34N4O.HI/c1-2-20-18(21-12-8-17(24)22-13-6-7-14-22)23-15-11-19(16-23)9-4-3-5-10-19;/h2-16H2,1H3,(H,20,21);1H. The SMILES string of the molecule is CCNC(=NCCC(=O)N1CCCC1)N1CCC2(CCCCC2)C1.I. The first-order valence-corrected chi connectivity index (χ1v) is 10.0. The molecule has 1 amide bonds. The lowest BCUT2D eigenvalue weighted by Gasteiger charge is -2.33. The Hall–Kier alpha value is -0.530. The first kappa shape index (κ1) is 20.8. The number of aliphatic imine (C=N–C) groups is 1. The van der Waals surface area contributed by atoms with Gasteiger partial charge in [0, 0.05) is 39.1 Å². The van der Waals surface area contributed by atoms with Gasteiger partial charge in [0.05, 0.1) is 6.54 Å². The summed E-state index contributed by atoms with van der Waals surface area (Å²) in [5, 5.41) is 3.44. The average molecular weight is 462 g/mol. The Bertz CT molecular complexity index is 456. The highest BCUT2D eigenvalue weighted by Crippen LogP contribution is 2.43. The third-order valence-electron chi connectivity index (χ3n) is 6.03. The Morgan fingerprint density at radius 3 is 2.40 bits per heavy atom. The Kier molecular flexibility index (Phi) is 8.29. The highest BCUT2D eigenvalue weighted by Gasteiger charge is 2.39. The molecule has 0 atom stereocenters. The van der Waals surface area contributed by atoms with Crippen molar-refractivity contribution in [2.45, 2.75) is 64.7 Å². The number of rotatable bonds is 4. The fourth-order valence-corrected chi connectivity index (χ4v) is 4.63. The molecule has 25 heavy (non-hydrogen) atoms. The summed E-state index contributed by atoms with van der Waals surface area (Å²) in [6.07, 6.45) is 11.2. The van der Waals surface area contributed by atoms with Crippen molar-refractivity contribution in [3.05, 3.63) is 0 Å². The van der Waals surface area contributed by atoms with Crippen LogP contribution in [0.25, 0.3) is 0 Å². The molecule has 1 spiro atoms. The largest absolute Gasteiger partial charge is 0.357 e. The zero-order valence-electron chi connectivity index (χ0n) is 15.8. The fraction of sp³-hybridized carbons (Fsp3) is 0.895. The number of carbonyl (C=O) groups excluding carboxylic acids is 1. The number of carbonyl (C=O) groups is 1. The van der Waals surface area contributed by atoms with Crippen molar-refractivity contribution in [2.75, 3.05) is 39.3 Å². The fourth-order valence-electron chi connectivity index (χ4n) is 4.63. The van der Waals surface area contributed by atoms with E-state index in [1.54, 1.807) is 0 Å². The van der Waals surface area contributed by atoms with Crippen LogP contribution in [0.1, 0.15) is 64.7 Å². The maximum atomic E-state index is 12.2. The molecule has 1 saturated carbocycles. The molecule has 3 fully saturated rings. The van der Waals surface area contributed by atoms with Gasteiger partial charge in [-0.3, -0.25) is 9.79 Å². The van der Waals surface area contributed by atoms with Crippen molar-refractivity contribution in [2.24, 2.45) is 10.4 Å². The minimum atomic E-state index is 0. The quantitative estimate of drug-likeness (QED) is 0.397.